The van der Waals surface area contributed by atoms with E-state index in [9.17, 15) is 4.79 Å². The second-order valence-electron chi connectivity index (χ2n) is 3.61. The van der Waals surface area contributed by atoms with Crippen LogP contribution in [0.3, 0.4) is 0 Å². The molecule has 2 rings (SSSR count). The van der Waals surface area contributed by atoms with Crippen LogP contribution in [-0.4, -0.2) is 15.5 Å². The Kier molecular flexibility index (Phi) is 3.74. The molecule has 0 unspecified atom stereocenters. The van der Waals surface area contributed by atoms with Gasteiger partial charge in [-0.15, -0.1) is 0 Å². The molecule has 5 nitrogen and oxygen atoms in total. The van der Waals surface area contributed by atoms with Crippen molar-refractivity contribution < 1.29 is 4.79 Å². The Bertz CT molecular complexity index is 582. The SMILES string of the molecule is Nc1ccc(NC(=O)Cn2ccnc2Cl)c(Cl)c1. The fourth-order valence-corrected chi connectivity index (χ4v) is 1.81. The molecule has 0 bridgehead atoms. The molecule has 7 heteroatoms. The summed E-state index contributed by atoms with van der Waals surface area (Å²) in [4.78, 5) is 15.6. The van der Waals surface area contributed by atoms with E-state index in [-0.39, 0.29) is 17.7 Å². The maximum atomic E-state index is 11.8. The van der Waals surface area contributed by atoms with Gasteiger partial charge < -0.3 is 15.6 Å². The lowest BCUT2D eigenvalue weighted by Gasteiger charge is -2.08. The van der Waals surface area contributed by atoms with Crippen molar-refractivity contribution in [3.63, 3.8) is 0 Å². The maximum absolute atomic E-state index is 11.8. The summed E-state index contributed by atoms with van der Waals surface area (Å²) in [7, 11) is 0. The first-order valence-electron chi connectivity index (χ1n) is 5.08. The number of imidazole rings is 1. The zero-order valence-corrected chi connectivity index (χ0v) is 10.7. The molecule has 0 aliphatic carbocycles. The van der Waals surface area contributed by atoms with Gasteiger partial charge in [-0.3, -0.25) is 4.79 Å². The molecule has 0 radical (unpaired) electrons. The van der Waals surface area contributed by atoms with Crippen LogP contribution in [0.2, 0.25) is 10.3 Å². The molecule has 0 atom stereocenters. The summed E-state index contributed by atoms with van der Waals surface area (Å²) in [6, 6.07) is 4.87. The average Bonchev–Trinajstić information content (AvgIpc) is 2.69. The summed E-state index contributed by atoms with van der Waals surface area (Å²) in [5.41, 5.74) is 6.61. The summed E-state index contributed by atoms with van der Waals surface area (Å²) in [5.74, 6) is -0.249. The first-order valence-corrected chi connectivity index (χ1v) is 5.83. The normalized spacial score (nSPS) is 10.3. The summed E-state index contributed by atoms with van der Waals surface area (Å²) in [6.45, 7) is 0.0690. The van der Waals surface area contributed by atoms with Crippen molar-refractivity contribution in [2.24, 2.45) is 0 Å². The van der Waals surface area contributed by atoms with E-state index in [0.717, 1.165) is 0 Å². The van der Waals surface area contributed by atoms with E-state index in [0.29, 0.717) is 16.4 Å². The van der Waals surface area contributed by atoms with Gasteiger partial charge in [-0.2, -0.15) is 0 Å². The van der Waals surface area contributed by atoms with E-state index in [1.807, 2.05) is 0 Å². The van der Waals surface area contributed by atoms with Crippen molar-refractivity contribution in [1.29, 1.82) is 0 Å². The van der Waals surface area contributed by atoms with Crippen LogP contribution in [0.5, 0.6) is 0 Å². The predicted molar refractivity (Wildman–Crippen MR) is 71.7 cm³/mol. The predicted octanol–water partition coefficient (Wildman–Crippen LogP) is 2.41. The first-order chi connectivity index (χ1) is 8.56. The van der Waals surface area contributed by atoms with Gasteiger partial charge in [0.25, 0.3) is 0 Å². The number of nitrogens with two attached hydrogens (primary N) is 1. The van der Waals surface area contributed by atoms with Crippen molar-refractivity contribution in [3.05, 3.63) is 40.9 Å². The molecular formula is C11H10Cl2N4O. The molecule has 0 saturated carbocycles. The summed E-state index contributed by atoms with van der Waals surface area (Å²) < 4.78 is 1.52. The third-order valence-electron chi connectivity index (χ3n) is 2.25. The number of nitrogens with one attached hydrogen (secondary N) is 1. The summed E-state index contributed by atoms with van der Waals surface area (Å²) in [5, 5.41) is 3.32. The molecule has 0 aliphatic heterocycles. The Morgan fingerprint density at radius 2 is 2.22 bits per heavy atom. The Morgan fingerprint density at radius 1 is 1.44 bits per heavy atom. The molecule has 3 N–H and O–H groups in total. The number of amides is 1. The molecule has 0 fully saturated rings. The monoisotopic (exact) mass is 284 g/mol. The van der Waals surface area contributed by atoms with Crippen LogP contribution < -0.4 is 11.1 Å². The number of anilines is 2. The van der Waals surface area contributed by atoms with Crippen molar-refractivity contribution in [1.82, 2.24) is 9.55 Å². The van der Waals surface area contributed by atoms with Gasteiger partial charge in [0.05, 0.1) is 10.7 Å². The Balaban J connectivity index is 2.05. The van der Waals surface area contributed by atoms with Gasteiger partial charge in [0.2, 0.25) is 11.2 Å². The molecule has 1 aromatic heterocycles. The molecule has 0 saturated heterocycles. The number of hydrogen-bond donors (Lipinski definition) is 2. The van der Waals surface area contributed by atoms with E-state index >= 15 is 0 Å². The molecule has 1 heterocycles. The van der Waals surface area contributed by atoms with Crippen LogP contribution in [0.15, 0.2) is 30.6 Å². The van der Waals surface area contributed by atoms with Crippen LogP contribution in [0.25, 0.3) is 0 Å². The van der Waals surface area contributed by atoms with Crippen molar-refractivity contribution in [3.8, 4) is 0 Å². The number of carbonyl (C=O) groups excluding carboxylic acids is 1. The molecule has 2 aromatic rings. The number of rotatable bonds is 3. The van der Waals surface area contributed by atoms with E-state index in [1.165, 1.54) is 10.8 Å². The summed E-state index contributed by atoms with van der Waals surface area (Å²) >= 11 is 11.7. The second-order valence-corrected chi connectivity index (χ2v) is 4.36. The highest BCUT2D eigenvalue weighted by Gasteiger charge is 2.08. The highest BCUT2D eigenvalue weighted by Crippen LogP contribution is 2.24. The summed E-state index contributed by atoms with van der Waals surface area (Å²) in [6.07, 6.45) is 3.14. The van der Waals surface area contributed by atoms with Gasteiger partial charge in [-0.25, -0.2) is 4.98 Å². The van der Waals surface area contributed by atoms with E-state index in [1.54, 1.807) is 24.4 Å². The highest BCUT2D eigenvalue weighted by molar-refractivity contribution is 6.34. The minimum atomic E-state index is -0.249. The first kappa shape index (κ1) is 12.7. The molecule has 1 amide bonds. The smallest absolute Gasteiger partial charge is 0.244 e. The lowest BCUT2D eigenvalue weighted by molar-refractivity contribution is -0.116. The minimum Gasteiger partial charge on any atom is -0.399 e. The molecular weight excluding hydrogens is 275 g/mol. The fraction of sp³-hybridized carbons (Fsp3) is 0.0909. The molecule has 0 aliphatic rings. The van der Waals surface area contributed by atoms with E-state index < -0.39 is 0 Å². The van der Waals surface area contributed by atoms with Gasteiger partial charge in [0.1, 0.15) is 6.54 Å². The molecule has 1 aromatic carbocycles. The van der Waals surface area contributed by atoms with Gasteiger partial charge in [0, 0.05) is 18.1 Å². The second kappa shape index (κ2) is 5.29. The quantitative estimate of drug-likeness (QED) is 0.850. The molecule has 0 spiro atoms. The number of halogens is 2. The Hall–Kier alpha value is -1.72. The Labute approximate surface area is 114 Å². The molecule has 18 heavy (non-hydrogen) atoms. The third-order valence-corrected chi connectivity index (χ3v) is 2.87. The fourth-order valence-electron chi connectivity index (χ4n) is 1.41. The van der Waals surface area contributed by atoms with Crippen LogP contribution >= 0.6 is 23.2 Å². The van der Waals surface area contributed by atoms with Gasteiger partial charge in [-0.05, 0) is 29.8 Å². The van der Waals surface area contributed by atoms with Gasteiger partial charge in [-0.1, -0.05) is 11.6 Å². The number of hydrogen-bond acceptors (Lipinski definition) is 3. The zero-order valence-electron chi connectivity index (χ0n) is 9.23. The van der Waals surface area contributed by atoms with Crippen LogP contribution in [0.4, 0.5) is 11.4 Å². The van der Waals surface area contributed by atoms with Crippen LogP contribution in [0.1, 0.15) is 0 Å². The maximum Gasteiger partial charge on any atom is 0.244 e. The number of aromatic nitrogens is 2. The highest BCUT2D eigenvalue weighted by atomic mass is 35.5. The van der Waals surface area contributed by atoms with Gasteiger partial charge in [0.15, 0.2) is 0 Å². The molecule has 94 valence electrons. The average molecular weight is 285 g/mol. The minimum absolute atomic E-state index is 0.0690. The topological polar surface area (TPSA) is 72.9 Å². The Morgan fingerprint density at radius 3 is 2.83 bits per heavy atom. The zero-order chi connectivity index (χ0) is 13.1. The number of nitrogen functional groups attached to an aromatic ring is 1. The third kappa shape index (κ3) is 2.94. The lowest BCUT2D eigenvalue weighted by Crippen LogP contribution is -2.18. The van der Waals surface area contributed by atoms with Crippen LogP contribution in [0, 0.1) is 0 Å². The largest absolute Gasteiger partial charge is 0.399 e. The van der Waals surface area contributed by atoms with E-state index in [4.69, 9.17) is 28.9 Å². The van der Waals surface area contributed by atoms with Gasteiger partial charge >= 0.3 is 0 Å². The van der Waals surface area contributed by atoms with Crippen molar-refractivity contribution in [2.75, 3.05) is 11.1 Å². The number of nitrogens with zero attached hydrogens (tertiary/aromatic N) is 2. The van der Waals surface area contributed by atoms with Crippen molar-refractivity contribution >= 4 is 40.5 Å². The number of benzene rings is 1. The number of carbonyl (C=O) groups is 1. The van der Waals surface area contributed by atoms with Crippen LogP contribution in [-0.2, 0) is 11.3 Å². The van der Waals surface area contributed by atoms with E-state index in [2.05, 4.69) is 10.3 Å². The lowest BCUT2D eigenvalue weighted by atomic mass is 10.3. The standard InChI is InChI=1S/C11H10Cl2N4O/c12-8-5-7(14)1-2-9(8)16-10(18)6-17-4-3-15-11(17)13/h1-5H,6,14H2,(H,16,18). The van der Waals surface area contributed by atoms with Crippen molar-refractivity contribution in [2.45, 2.75) is 6.54 Å².